The van der Waals surface area contributed by atoms with Gasteiger partial charge in [0.1, 0.15) is 0 Å². The molecule has 0 aliphatic heterocycles. The molecule has 1 N–H and O–H groups in total. The Kier molecular flexibility index (Phi) is 5.28. The average Bonchev–Trinajstić information content (AvgIpc) is 2.18. The van der Waals surface area contributed by atoms with Crippen LogP contribution in [0.1, 0.15) is 0 Å². The van der Waals surface area contributed by atoms with Crippen LogP contribution in [0, 0.1) is 0 Å². The molecule has 7 heteroatoms. The Morgan fingerprint density at radius 2 is 2.30 bits per heavy atom. The van der Waals surface area contributed by atoms with Gasteiger partial charge in [-0.15, -0.1) is 17.7 Å². The Balaban J connectivity index is 0.000000810. The molecule has 1 aromatic heterocycles. The van der Waals surface area contributed by atoms with Crippen LogP contribution in [-0.4, -0.2) is 61.5 Å². The number of tetrazole rings is 1. The van der Waals surface area contributed by atoms with E-state index in [1.165, 1.54) is 4.68 Å². The van der Waals surface area contributed by atoms with Gasteiger partial charge in [-0.2, -0.15) is 0 Å². The number of aromatic nitrogens is 4. The number of thiol groups is 1. The standard InChI is InChI=1S/C3H6N4OS.Na.H/c8-2-1-7-3(9)4-5-6-7;;/h8H,1-2H2,(H,4,6,9);;. The first-order valence-electron chi connectivity index (χ1n) is 2.40. The molecule has 0 saturated heterocycles. The van der Waals surface area contributed by atoms with Crippen molar-refractivity contribution in [3.05, 3.63) is 0 Å². The van der Waals surface area contributed by atoms with E-state index in [0.717, 1.165) is 0 Å². The molecule has 1 aromatic rings. The Morgan fingerprint density at radius 3 is 2.70 bits per heavy atom. The van der Waals surface area contributed by atoms with Crippen LogP contribution >= 0.6 is 12.6 Å². The molecule has 0 aromatic carbocycles. The van der Waals surface area contributed by atoms with Crippen LogP contribution < -0.4 is 0 Å². The molecule has 0 aliphatic carbocycles. The van der Waals surface area contributed by atoms with Crippen molar-refractivity contribution in [2.75, 3.05) is 6.61 Å². The molecule has 0 atom stereocenters. The normalized spacial score (nSPS) is 9.00. The van der Waals surface area contributed by atoms with E-state index >= 15 is 0 Å². The van der Waals surface area contributed by atoms with Gasteiger partial charge < -0.3 is 5.11 Å². The summed E-state index contributed by atoms with van der Waals surface area (Å²) in [6, 6.07) is 0. The maximum atomic E-state index is 8.41. The van der Waals surface area contributed by atoms with Crippen molar-refractivity contribution < 1.29 is 5.11 Å². The molecule has 0 spiro atoms. The van der Waals surface area contributed by atoms with E-state index in [4.69, 9.17) is 5.11 Å². The molecule has 52 valence electrons. The summed E-state index contributed by atoms with van der Waals surface area (Å²) < 4.78 is 1.41. The fourth-order valence-electron chi connectivity index (χ4n) is 0.439. The van der Waals surface area contributed by atoms with Gasteiger partial charge in [-0.05, 0) is 10.4 Å². The number of aliphatic hydroxyl groups is 1. The SMILES string of the molecule is OCCn1nnnc1S.[NaH]. The van der Waals surface area contributed by atoms with Gasteiger partial charge in [0.2, 0.25) is 5.16 Å². The molecule has 0 bridgehead atoms. The van der Waals surface area contributed by atoms with Crippen LogP contribution in [0.3, 0.4) is 0 Å². The minimum atomic E-state index is 0. The first-order chi connectivity index (χ1) is 4.34. The number of aliphatic hydroxyl groups excluding tert-OH is 1. The molecule has 5 nitrogen and oxygen atoms in total. The third-order valence-corrected chi connectivity index (χ3v) is 1.15. The van der Waals surface area contributed by atoms with Crippen LogP contribution in [-0.2, 0) is 6.54 Å². The predicted octanol–water partition coefficient (Wildman–Crippen LogP) is -1.69. The number of hydrogen-bond acceptors (Lipinski definition) is 5. The van der Waals surface area contributed by atoms with Gasteiger partial charge in [0.25, 0.3) is 0 Å². The number of rotatable bonds is 2. The fourth-order valence-corrected chi connectivity index (χ4v) is 0.619. The van der Waals surface area contributed by atoms with Crippen molar-refractivity contribution in [2.45, 2.75) is 11.7 Å². The predicted molar refractivity (Wildman–Crippen MR) is 39.3 cm³/mol. The van der Waals surface area contributed by atoms with Crippen molar-refractivity contribution in [3.63, 3.8) is 0 Å². The van der Waals surface area contributed by atoms with E-state index in [9.17, 15) is 0 Å². The molecule has 1 heterocycles. The van der Waals surface area contributed by atoms with Gasteiger partial charge in [0.05, 0.1) is 13.2 Å². The zero-order chi connectivity index (χ0) is 6.69. The molecule has 0 unspecified atom stereocenters. The van der Waals surface area contributed by atoms with E-state index in [1.807, 2.05) is 0 Å². The summed E-state index contributed by atoms with van der Waals surface area (Å²) in [5.74, 6) is 0. The minimum absolute atomic E-state index is 0. The molecule has 0 fully saturated rings. The second-order valence-corrected chi connectivity index (χ2v) is 1.83. The van der Waals surface area contributed by atoms with Gasteiger partial charge in [-0.3, -0.25) is 0 Å². The summed E-state index contributed by atoms with van der Waals surface area (Å²) in [5.41, 5.74) is 0. The monoisotopic (exact) mass is 170 g/mol. The quantitative estimate of drug-likeness (QED) is 0.410. The molecule has 0 radical (unpaired) electrons. The van der Waals surface area contributed by atoms with Gasteiger partial charge >= 0.3 is 29.6 Å². The van der Waals surface area contributed by atoms with Crippen molar-refractivity contribution in [2.24, 2.45) is 0 Å². The molecule has 0 amide bonds. The summed E-state index contributed by atoms with van der Waals surface area (Å²) in [6.07, 6.45) is 0. The summed E-state index contributed by atoms with van der Waals surface area (Å²) in [5, 5.41) is 19.2. The summed E-state index contributed by atoms with van der Waals surface area (Å²) in [4.78, 5) is 0. The molecule has 10 heavy (non-hydrogen) atoms. The van der Waals surface area contributed by atoms with Gasteiger partial charge in [-0.25, -0.2) is 4.68 Å². The van der Waals surface area contributed by atoms with E-state index in [0.29, 0.717) is 11.7 Å². The topological polar surface area (TPSA) is 63.8 Å². The Hall–Kier alpha value is 0.380. The van der Waals surface area contributed by atoms with Crippen LogP contribution in [0.25, 0.3) is 0 Å². The van der Waals surface area contributed by atoms with Gasteiger partial charge in [-0.1, -0.05) is 0 Å². The molecular weight excluding hydrogens is 163 g/mol. The van der Waals surface area contributed by atoms with Crippen molar-refractivity contribution in [3.8, 4) is 0 Å². The number of hydrogen-bond donors (Lipinski definition) is 2. The van der Waals surface area contributed by atoms with Crippen molar-refractivity contribution >= 4 is 42.2 Å². The molecular formula is C3H7N4NaOS. The summed E-state index contributed by atoms with van der Waals surface area (Å²) in [7, 11) is 0. The summed E-state index contributed by atoms with van der Waals surface area (Å²) >= 11 is 3.90. The van der Waals surface area contributed by atoms with Crippen LogP contribution in [0.2, 0.25) is 0 Å². The van der Waals surface area contributed by atoms with Crippen LogP contribution in [0.4, 0.5) is 0 Å². The Bertz CT molecular complexity index is 192. The van der Waals surface area contributed by atoms with E-state index < -0.39 is 0 Å². The average molecular weight is 170 g/mol. The zero-order valence-corrected chi connectivity index (χ0v) is 5.49. The second kappa shape index (κ2) is 5.09. The van der Waals surface area contributed by atoms with Gasteiger partial charge in [0.15, 0.2) is 0 Å². The Morgan fingerprint density at radius 1 is 1.60 bits per heavy atom. The first kappa shape index (κ1) is 10.4. The second-order valence-electron chi connectivity index (χ2n) is 1.43. The Labute approximate surface area is 85.5 Å². The molecule has 1 rings (SSSR count). The fraction of sp³-hybridized carbons (Fsp3) is 0.667. The summed E-state index contributed by atoms with van der Waals surface area (Å²) in [6.45, 7) is 0.421. The zero-order valence-electron chi connectivity index (χ0n) is 4.60. The third-order valence-electron chi connectivity index (χ3n) is 0.825. The van der Waals surface area contributed by atoms with Crippen LogP contribution in [0.15, 0.2) is 5.16 Å². The van der Waals surface area contributed by atoms with E-state index in [-0.39, 0.29) is 36.2 Å². The molecule has 0 saturated carbocycles. The molecule has 0 aliphatic rings. The van der Waals surface area contributed by atoms with E-state index in [1.54, 1.807) is 0 Å². The maximum absolute atomic E-state index is 8.41. The third kappa shape index (κ3) is 2.55. The van der Waals surface area contributed by atoms with Crippen molar-refractivity contribution in [1.82, 2.24) is 20.2 Å². The van der Waals surface area contributed by atoms with Crippen molar-refractivity contribution in [1.29, 1.82) is 0 Å². The van der Waals surface area contributed by atoms with Crippen LogP contribution in [0.5, 0.6) is 0 Å². The first-order valence-corrected chi connectivity index (χ1v) is 2.85. The number of nitrogens with zero attached hydrogens (tertiary/aromatic N) is 4. The van der Waals surface area contributed by atoms with Gasteiger partial charge in [0, 0.05) is 0 Å². The van der Waals surface area contributed by atoms with E-state index in [2.05, 4.69) is 28.2 Å².